The SMILES string of the molecule is O=C(c1cccnc1)N1CC(O)CC2(CCN(Cc3cc4cccnc4[nH]3)CC2)C1. The molecule has 3 aromatic heterocycles. The first-order valence-corrected chi connectivity index (χ1v) is 10.6. The molecule has 7 nitrogen and oxygen atoms in total. The lowest BCUT2D eigenvalue weighted by Gasteiger charge is -2.49. The fourth-order valence-corrected chi connectivity index (χ4v) is 5.07. The molecular formula is C23H27N5O2. The minimum Gasteiger partial charge on any atom is -0.391 e. The maximum absolute atomic E-state index is 12.9. The summed E-state index contributed by atoms with van der Waals surface area (Å²) in [6.07, 6.45) is 7.36. The van der Waals surface area contributed by atoms with Crippen molar-refractivity contribution in [3.8, 4) is 0 Å². The third-order valence-corrected chi connectivity index (χ3v) is 6.58. The van der Waals surface area contributed by atoms with E-state index < -0.39 is 6.10 Å². The Morgan fingerprint density at radius 3 is 2.83 bits per heavy atom. The van der Waals surface area contributed by atoms with E-state index >= 15 is 0 Å². The Morgan fingerprint density at radius 1 is 1.23 bits per heavy atom. The van der Waals surface area contributed by atoms with E-state index in [4.69, 9.17) is 0 Å². The highest BCUT2D eigenvalue weighted by Gasteiger charge is 2.43. The van der Waals surface area contributed by atoms with Gasteiger partial charge in [0, 0.05) is 49.3 Å². The summed E-state index contributed by atoms with van der Waals surface area (Å²) >= 11 is 0. The van der Waals surface area contributed by atoms with Crippen LogP contribution in [0.3, 0.4) is 0 Å². The average molecular weight is 406 g/mol. The molecule has 2 N–H and O–H groups in total. The van der Waals surface area contributed by atoms with Gasteiger partial charge in [-0.3, -0.25) is 14.7 Å². The zero-order valence-corrected chi connectivity index (χ0v) is 17.0. The van der Waals surface area contributed by atoms with Crippen molar-refractivity contribution in [3.63, 3.8) is 0 Å². The Morgan fingerprint density at radius 2 is 2.07 bits per heavy atom. The highest BCUT2D eigenvalue weighted by molar-refractivity contribution is 5.94. The molecule has 1 unspecified atom stereocenters. The number of aliphatic hydroxyl groups is 1. The molecule has 0 aliphatic carbocycles. The summed E-state index contributed by atoms with van der Waals surface area (Å²) < 4.78 is 0. The number of H-pyrrole nitrogens is 1. The molecule has 5 rings (SSSR count). The number of amides is 1. The molecule has 5 heterocycles. The number of aromatic nitrogens is 3. The first-order valence-electron chi connectivity index (χ1n) is 10.6. The zero-order chi connectivity index (χ0) is 20.6. The molecule has 2 aliphatic rings. The van der Waals surface area contributed by atoms with Crippen molar-refractivity contribution in [2.24, 2.45) is 5.41 Å². The Balaban J connectivity index is 1.24. The molecule has 3 aromatic rings. The second-order valence-electron chi connectivity index (χ2n) is 8.80. The molecule has 1 amide bonds. The van der Waals surface area contributed by atoms with E-state index in [-0.39, 0.29) is 11.3 Å². The van der Waals surface area contributed by atoms with E-state index in [1.165, 1.54) is 5.69 Å². The molecule has 1 spiro atoms. The van der Waals surface area contributed by atoms with Crippen LogP contribution in [0.1, 0.15) is 35.3 Å². The van der Waals surface area contributed by atoms with Crippen LogP contribution in [-0.4, -0.2) is 68.0 Å². The minimum atomic E-state index is -0.467. The van der Waals surface area contributed by atoms with Gasteiger partial charge in [0.05, 0.1) is 11.7 Å². The van der Waals surface area contributed by atoms with Crippen LogP contribution in [-0.2, 0) is 6.54 Å². The topological polar surface area (TPSA) is 85.3 Å². The highest BCUT2D eigenvalue weighted by atomic mass is 16.3. The molecule has 1 atom stereocenters. The van der Waals surface area contributed by atoms with Gasteiger partial charge in [0.2, 0.25) is 0 Å². The minimum absolute atomic E-state index is 0.00591. The third-order valence-electron chi connectivity index (χ3n) is 6.58. The zero-order valence-electron chi connectivity index (χ0n) is 17.0. The lowest BCUT2D eigenvalue weighted by Crippen LogP contribution is -2.55. The van der Waals surface area contributed by atoms with Crippen LogP contribution in [0.15, 0.2) is 48.9 Å². The van der Waals surface area contributed by atoms with Crippen molar-refractivity contribution in [2.45, 2.75) is 31.9 Å². The predicted molar refractivity (Wildman–Crippen MR) is 114 cm³/mol. The molecule has 0 saturated carbocycles. The number of carbonyl (C=O) groups is 1. The van der Waals surface area contributed by atoms with E-state index in [1.54, 1.807) is 30.7 Å². The number of β-amino-alcohol motifs (C(OH)–C–C–N with tert-alkyl or cyclic N) is 1. The lowest BCUT2D eigenvalue weighted by atomic mass is 9.71. The predicted octanol–water partition coefficient (Wildman–Crippen LogP) is 2.45. The quantitative estimate of drug-likeness (QED) is 0.699. The largest absolute Gasteiger partial charge is 0.391 e. The Labute approximate surface area is 175 Å². The highest BCUT2D eigenvalue weighted by Crippen LogP contribution is 2.40. The number of piperidine rings is 2. The lowest BCUT2D eigenvalue weighted by molar-refractivity contribution is -0.0338. The third kappa shape index (κ3) is 3.82. The summed E-state index contributed by atoms with van der Waals surface area (Å²) in [6.45, 7) is 3.91. The molecule has 2 aliphatic heterocycles. The molecular weight excluding hydrogens is 378 g/mol. The van der Waals surface area contributed by atoms with Crippen LogP contribution >= 0.6 is 0 Å². The number of nitrogens with zero attached hydrogens (tertiary/aromatic N) is 4. The number of likely N-dealkylation sites (tertiary alicyclic amines) is 2. The van der Waals surface area contributed by atoms with Crippen molar-refractivity contribution >= 4 is 16.9 Å². The second kappa shape index (κ2) is 7.81. The van der Waals surface area contributed by atoms with Crippen molar-refractivity contribution < 1.29 is 9.90 Å². The molecule has 0 radical (unpaired) electrons. The molecule has 7 heteroatoms. The summed E-state index contributed by atoms with van der Waals surface area (Å²) in [6, 6.07) is 9.77. The van der Waals surface area contributed by atoms with Crippen LogP contribution in [0.25, 0.3) is 11.0 Å². The number of aliphatic hydroxyl groups excluding tert-OH is 1. The van der Waals surface area contributed by atoms with E-state index in [9.17, 15) is 9.90 Å². The standard InChI is InChI=1S/C23H27N5O2/c29-20-12-23(16-28(15-20)22(30)18-4-1-7-24-13-18)5-9-27(10-6-23)14-19-11-17-3-2-8-25-21(17)26-19/h1-4,7-8,11,13,20,29H,5-6,9-10,12,14-16H2,(H,25,26). The van der Waals surface area contributed by atoms with Crippen molar-refractivity contribution in [3.05, 3.63) is 60.2 Å². The summed E-state index contributed by atoms with van der Waals surface area (Å²) in [5.74, 6) is -0.0331. The summed E-state index contributed by atoms with van der Waals surface area (Å²) in [5.41, 5.74) is 2.69. The number of hydrogen-bond donors (Lipinski definition) is 2. The number of hydrogen-bond acceptors (Lipinski definition) is 5. The average Bonchev–Trinajstić information content (AvgIpc) is 3.17. The van der Waals surface area contributed by atoms with Gasteiger partial charge in [-0.05, 0) is 68.1 Å². The fourth-order valence-electron chi connectivity index (χ4n) is 5.07. The Bertz CT molecular complexity index is 993. The molecule has 156 valence electrons. The van der Waals surface area contributed by atoms with Gasteiger partial charge in [-0.25, -0.2) is 4.98 Å². The van der Waals surface area contributed by atoms with Crippen molar-refractivity contribution in [2.75, 3.05) is 26.2 Å². The van der Waals surface area contributed by atoms with Crippen LogP contribution in [0.4, 0.5) is 0 Å². The molecule has 0 aromatic carbocycles. The van der Waals surface area contributed by atoms with Crippen LogP contribution < -0.4 is 0 Å². The van der Waals surface area contributed by atoms with Gasteiger partial charge < -0.3 is 15.0 Å². The van der Waals surface area contributed by atoms with Gasteiger partial charge in [0.25, 0.3) is 5.91 Å². The van der Waals surface area contributed by atoms with Crippen molar-refractivity contribution in [1.82, 2.24) is 24.8 Å². The number of nitrogens with one attached hydrogen (secondary N) is 1. The van der Waals surface area contributed by atoms with Gasteiger partial charge in [-0.15, -0.1) is 0 Å². The monoisotopic (exact) mass is 405 g/mol. The van der Waals surface area contributed by atoms with Gasteiger partial charge in [-0.2, -0.15) is 0 Å². The van der Waals surface area contributed by atoms with E-state index in [2.05, 4.69) is 32.0 Å². The van der Waals surface area contributed by atoms with Crippen molar-refractivity contribution in [1.29, 1.82) is 0 Å². The first kappa shape index (κ1) is 19.2. The summed E-state index contributed by atoms with van der Waals surface area (Å²) in [4.78, 5) is 29.0. The molecule has 30 heavy (non-hydrogen) atoms. The number of fused-ring (bicyclic) bond motifs is 1. The van der Waals surface area contributed by atoms with Crippen LogP contribution in [0.5, 0.6) is 0 Å². The van der Waals surface area contributed by atoms with E-state index in [1.807, 2.05) is 11.0 Å². The fraction of sp³-hybridized carbons (Fsp3) is 0.435. The number of aromatic amines is 1. The molecule has 2 fully saturated rings. The maximum atomic E-state index is 12.9. The van der Waals surface area contributed by atoms with Gasteiger partial charge in [0.15, 0.2) is 0 Å². The van der Waals surface area contributed by atoms with E-state index in [0.29, 0.717) is 18.7 Å². The molecule has 0 bridgehead atoms. The van der Waals surface area contributed by atoms with Gasteiger partial charge in [-0.1, -0.05) is 0 Å². The van der Waals surface area contributed by atoms with Gasteiger partial charge in [0.1, 0.15) is 5.65 Å². The summed E-state index contributed by atoms with van der Waals surface area (Å²) in [5, 5.41) is 11.7. The van der Waals surface area contributed by atoms with Crippen LogP contribution in [0.2, 0.25) is 0 Å². The second-order valence-corrected chi connectivity index (χ2v) is 8.80. The number of carbonyl (C=O) groups excluding carboxylic acids is 1. The molecule has 2 saturated heterocycles. The maximum Gasteiger partial charge on any atom is 0.255 e. The Hall–Kier alpha value is -2.77. The van der Waals surface area contributed by atoms with Gasteiger partial charge >= 0.3 is 0 Å². The first-order chi connectivity index (χ1) is 14.6. The Kier molecular flexibility index (Phi) is 5.00. The van der Waals surface area contributed by atoms with Crippen LogP contribution in [0, 0.1) is 5.41 Å². The van der Waals surface area contributed by atoms with E-state index in [0.717, 1.165) is 49.9 Å². The smallest absolute Gasteiger partial charge is 0.255 e. The number of pyridine rings is 2. The number of rotatable bonds is 3. The summed E-state index contributed by atoms with van der Waals surface area (Å²) in [7, 11) is 0. The normalized spacial score (nSPS) is 21.9.